The number of hydrogen-bond donors (Lipinski definition) is 2. The average Bonchev–Trinajstić information content (AvgIpc) is 3.47. The van der Waals surface area contributed by atoms with Crippen molar-refractivity contribution in [3.8, 4) is 32.6 Å². The van der Waals surface area contributed by atoms with Gasteiger partial charge in [-0.15, -0.1) is 11.3 Å². The first-order valence-electron chi connectivity index (χ1n) is 10.6. The normalized spacial score (nSPS) is 11.9. The van der Waals surface area contributed by atoms with E-state index < -0.39 is 6.03 Å². The first-order chi connectivity index (χ1) is 16.6. The summed E-state index contributed by atoms with van der Waals surface area (Å²) in [4.78, 5) is 30.1. The quantitative estimate of drug-likeness (QED) is 0.438. The van der Waals surface area contributed by atoms with Gasteiger partial charge < -0.3 is 20.1 Å². The SMILES string of the molecule is Cc1nc(-c2ccccc2)sc1-c1ccc(=O)n(CCNC(=O)Nc2ccc3c(c2)OCO3)n1. The number of nitrogens with zero attached hydrogens (tertiary/aromatic N) is 3. The third kappa shape index (κ3) is 4.62. The number of carbonyl (C=O) groups is 1. The van der Waals surface area contributed by atoms with Gasteiger partial charge in [-0.05, 0) is 25.1 Å². The van der Waals surface area contributed by atoms with Crippen molar-refractivity contribution in [2.24, 2.45) is 0 Å². The smallest absolute Gasteiger partial charge is 0.319 e. The van der Waals surface area contributed by atoms with Crippen LogP contribution in [-0.2, 0) is 6.54 Å². The molecule has 5 rings (SSSR count). The molecule has 0 atom stereocenters. The standard InChI is InChI=1S/C24H21N5O4S/c1-15-22(34-23(26-15)16-5-3-2-4-6-16)18-8-10-21(30)29(28-18)12-11-25-24(31)27-17-7-9-19-20(13-17)33-14-32-19/h2-10,13H,11-12,14H2,1H3,(H2,25,27,31). The summed E-state index contributed by atoms with van der Waals surface area (Å²) in [6, 6.07) is 17.9. The van der Waals surface area contributed by atoms with Crippen LogP contribution in [0.3, 0.4) is 0 Å². The van der Waals surface area contributed by atoms with Crippen LogP contribution in [0.2, 0.25) is 0 Å². The molecule has 0 unspecified atom stereocenters. The maximum absolute atomic E-state index is 12.3. The molecule has 3 heterocycles. The number of carbonyl (C=O) groups excluding carboxylic acids is 1. The Morgan fingerprint density at radius 3 is 2.76 bits per heavy atom. The van der Waals surface area contributed by atoms with Crippen LogP contribution < -0.4 is 25.7 Å². The number of benzene rings is 2. The molecule has 2 aromatic heterocycles. The third-order valence-electron chi connectivity index (χ3n) is 5.16. The molecule has 9 nitrogen and oxygen atoms in total. The molecule has 10 heteroatoms. The Bertz CT molecular complexity index is 1400. The Morgan fingerprint density at radius 2 is 1.91 bits per heavy atom. The molecular weight excluding hydrogens is 454 g/mol. The van der Waals surface area contributed by atoms with Gasteiger partial charge in [0, 0.05) is 29.9 Å². The Balaban J connectivity index is 1.24. The maximum Gasteiger partial charge on any atom is 0.319 e. The van der Waals surface area contributed by atoms with Crippen molar-refractivity contribution < 1.29 is 14.3 Å². The number of amides is 2. The molecule has 1 aliphatic heterocycles. The molecule has 0 bridgehead atoms. The minimum atomic E-state index is -0.395. The fourth-order valence-electron chi connectivity index (χ4n) is 3.49. The van der Waals surface area contributed by atoms with Crippen LogP contribution in [0.25, 0.3) is 21.1 Å². The first-order valence-corrected chi connectivity index (χ1v) is 11.4. The zero-order valence-electron chi connectivity index (χ0n) is 18.3. The van der Waals surface area contributed by atoms with Crippen molar-refractivity contribution >= 4 is 23.1 Å². The van der Waals surface area contributed by atoms with Crippen LogP contribution in [0.1, 0.15) is 5.69 Å². The summed E-state index contributed by atoms with van der Waals surface area (Å²) >= 11 is 1.53. The number of hydrogen-bond acceptors (Lipinski definition) is 7. The van der Waals surface area contributed by atoms with E-state index >= 15 is 0 Å². The predicted molar refractivity (Wildman–Crippen MR) is 129 cm³/mol. The highest BCUT2D eigenvalue weighted by molar-refractivity contribution is 7.18. The van der Waals surface area contributed by atoms with E-state index in [4.69, 9.17) is 9.47 Å². The molecule has 0 aliphatic carbocycles. The lowest BCUT2D eigenvalue weighted by molar-refractivity contribution is 0.174. The van der Waals surface area contributed by atoms with Crippen LogP contribution in [0.4, 0.5) is 10.5 Å². The van der Waals surface area contributed by atoms with Gasteiger partial charge in [-0.25, -0.2) is 14.5 Å². The van der Waals surface area contributed by atoms with Gasteiger partial charge >= 0.3 is 6.03 Å². The molecule has 172 valence electrons. The number of anilines is 1. The van der Waals surface area contributed by atoms with Gasteiger partial charge in [0.25, 0.3) is 5.56 Å². The average molecular weight is 476 g/mol. The zero-order chi connectivity index (χ0) is 23.5. The van der Waals surface area contributed by atoms with Gasteiger partial charge in [0.1, 0.15) is 10.7 Å². The molecular formula is C24H21N5O4S. The zero-order valence-corrected chi connectivity index (χ0v) is 19.1. The molecule has 0 saturated heterocycles. The van der Waals surface area contributed by atoms with Gasteiger partial charge in [-0.3, -0.25) is 4.79 Å². The largest absolute Gasteiger partial charge is 0.454 e. The van der Waals surface area contributed by atoms with Crippen LogP contribution in [-0.4, -0.2) is 34.1 Å². The number of aryl methyl sites for hydroxylation is 1. The number of rotatable bonds is 6. The second-order valence-corrected chi connectivity index (χ2v) is 8.53. The monoisotopic (exact) mass is 475 g/mol. The van der Waals surface area contributed by atoms with E-state index in [2.05, 4.69) is 20.7 Å². The minimum absolute atomic E-state index is 0.167. The second-order valence-electron chi connectivity index (χ2n) is 7.53. The molecule has 34 heavy (non-hydrogen) atoms. The first kappa shape index (κ1) is 21.7. The van der Waals surface area contributed by atoms with Crippen LogP contribution in [0.5, 0.6) is 11.5 Å². The number of fused-ring (bicyclic) bond motifs is 1. The Morgan fingerprint density at radius 1 is 1.09 bits per heavy atom. The summed E-state index contributed by atoms with van der Waals surface area (Å²) in [6.07, 6.45) is 0. The number of nitrogens with one attached hydrogen (secondary N) is 2. The van der Waals surface area contributed by atoms with Crippen LogP contribution in [0, 0.1) is 6.92 Å². The van der Waals surface area contributed by atoms with Crippen molar-refractivity contribution in [1.82, 2.24) is 20.1 Å². The van der Waals surface area contributed by atoms with Gasteiger partial charge in [0.15, 0.2) is 11.5 Å². The number of ether oxygens (including phenoxy) is 2. The van der Waals surface area contributed by atoms with E-state index in [1.54, 1.807) is 24.3 Å². The van der Waals surface area contributed by atoms with E-state index in [0.29, 0.717) is 22.9 Å². The lowest BCUT2D eigenvalue weighted by atomic mass is 10.2. The third-order valence-corrected chi connectivity index (χ3v) is 6.39. The topological polar surface area (TPSA) is 107 Å². The fraction of sp³-hybridized carbons (Fsp3) is 0.167. The molecule has 0 saturated carbocycles. The summed E-state index contributed by atoms with van der Waals surface area (Å²) in [5.41, 5.74) is 2.89. The Kier molecular flexibility index (Phi) is 5.96. The molecule has 0 radical (unpaired) electrons. The van der Waals surface area contributed by atoms with Crippen molar-refractivity contribution in [2.45, 2.75) is 13.5 Å². The van der Waals surface area contributed by atoms with Gasteiger partial charge in [-0.1, -0.05) is 30.3 Å². The molecule has 0 spiro atoms. The lowest BCUT2D eigenvalue weighted by Gasteiger charge is -2.10. The number of aromatic nitrogens is 3. The lowest BCUT2D eigenvalue weighted by Crippen LogP contribution is -2.34. The second kappa shape index (κ2) is 9.36. The highest BCUT2D eigenvalue weighted by Gasteiger charge is 2.15. The van der Waals surface area contributed by atoms with E-state index in [9.17, 15) is 9.59 Å². The summed E-state index contributed by atoms with van der Waals surface area (Å²) in [7, 11) is 0. The predicted octanol–water partition coefficient (Wildman–Crippen LogP) is 3.89. The summed E-state index contributed by atoms with van der Waals surface area (Å²) in [5, 5.41) is 10.9. The van der Waals surface area contributed by atoms with Crippen molar-refractivity contribution in [3.05, 3.63) is 76.7 Å². The van der Waals surface area contributed by atoms with Crippen molar-refractivity contribution in [2.75, 3.05) is 18.7 Å². The molecule has 1 aliphatic rings. The van der Waals surface area contributed by atoms with Crippen LogP contribution >= 0.6 is 11.3 Å². The minimum Gasteiger partial charge on any atom is -0.454 e. The number of thiazole rings is 1. The Labute approximate surface area is 199 Å². The van der Waals surface area contributed by atoms with Gasteiger partial charge in [0.05, 0.1) is 17.1 Å². The molecule has 2 N–H and O–H groups in total. The highest BCUT2D eigenvalue weighted by Crippen LogP contribution is 2.35. The maximum atomic E-state index is 12.3. The van der Waals surface area contributed by atoms with E-state index in [1.165, 1.54) is 22.1 Å². The van der Waals surface area contributed by atoms with Crippen molar-refractivity contribution in [3.63, 3.8) is 0 Å². The molecule has 0 fully saturated rings. The Hall–Kier alpha value is -4.18. The summed E-state index contributed by atoms with van der Waals surface area (Å²) in [5.74, 6) is 1.22. The van der Waals surface area contributed by atoms with Crippen LogP contribution in [0.15, 0.2) is 65.5 Å². The summed E-state index contributed by atoms with van der Waals surface area (Å²) in [6.45, 7) is 2.55. The fourth-order valence-corrected chi connectivity index (χ4v) is 4.53. The van der Waals surface area contributed by atoms with Crippen molar-refractivity contribution in [1.29, 1.82) is 0 Å². The van der Waals surface area contributed by atoms with Gasteiger partial charge in [-0.2, -0.15) is 5.10 Å². The number of urea groups is 1. The highest BCUT2D eigenvalue weighted by atomic mass is 32.1. The summed E-state index contributed by atoms with van der Waals surface area (Å²) < 4.78 is 11.9. The molecule has 2 aromatic carbocycles. The molecule has 2 amide bonds. The van der Waals surface area contributed by atoms with Gasteiger partial charge in [0.2, 0.25) is 6.79 Å². The van der Waals surface area contributed by atoms with E-state index in [-0.39, 0.29) is 25.4 Å². The van der Waals surface area contributed by atoms with E-state index in [0.717, 1.165) is 21.1 Å². The van der Waals surface area contributed by atoms with E-state index in [1.807, 2.05) is 37.3 Å². The molecule has 4 aromatic rings.